The first-order chi connectivity index (χ1) is 5.35. The zero-order valence-electron chi connectivity index (χ0n) is 6.88. The van der Waals surface area contributed by atoms with E-state index in [2.05, 4.69) is 4.90 Å². The molecule has 2 N–H and O–H groups in total. The molecule has 2 heterocycles. The number of ether oxygens (including phenoxy) is 1. The molecular weight excluding hydrogens is 140 g/mol. The van der Waals surface area contributed by atoms with Crippen molar-refractivity contribution in [3.8, 4) is 0 Å². The van der Waals surface area contributed by atoms with Gasteiger partial charge in [-0.3, -0.25) is 0 Å². The Morgan fingerprint density at radius 2 is 2.09 bits per heavy atom. The number of nitrogens with two attached hydrogens (primary N) is 1. The number of likely N-dealkylation sites (tertiary alicyclic amines) is 1. The van der Waals surface area contributed by atoms with Crippen LogP contribution in [0.15, 0.2) is 0 Å². The van der Waals surface area contributed by atoms with Crippen LogP contribution in [0.4, 0.5) is 0 Å². The molecule has 2 saturated heterocycles. The molecule has 3 nitrogen and oxygen atoms in total. The number of rotatable bonds is 3. The third-order valence-electron chi connectivity index (χ3n) is 2.61. The first-order valence-electron chi connectivity index (χ1n) is 4.35. The van der Waals surface area contributed by atoms with E-state index in [4.69, 9.17) is 10.5 Å². The summed E-state index contributed by atoms with van der Waals surface area (Å²) in [6.45, 7) is 6.47. The van der Waals surface area contributed by atoms with Crippen LogP contribution in [0.3, 0.4) is 0 Å². The Hall–Kier alpha value is -0.120. The minimum atomic E-state index is 0.578. The van der Waals surface area contributed by atoms with Crippen molar-refractivity contribution in [2.24, 2.45) is 11.1 Å². The maximum atomic E-state index is 5.42. The van der Waals surface area contributed by atoms with Gasteiger partial charge >= 0.3 is 0 Å². The molecule has 2 aliphatic rings. The van der Waals surface area contributed by atoms with E-state index >= 15 is 0 Å². The largest absolute Gasteiger partial charge is 0.380 e. The molecule has 3 heteroatoms. The maximum absolute atomic E-state index is 5.42. The molecule has 0 aromatic carbocycles. The van der Waals surface area contributed by atoms with Crippen LogP contribution in [-0.4, -0.2) is 44.3 Å². The molecule has 0 saturated carbocycles. The van der Waals surface area contributed by atoms with Gasteiger partial charge in [-0.1, -0.05) is 0 Å². The summed E-state index contributed by atoms with van der Waals surface area (Å²) in [6, 6.07) is 0. The lowest BCUT2D eigenvalue weighted by atomic mass is 9.78. The quantitative estimate of drug-likeness (QED) is 0.608. The lowest BCUT2D eigenvalue weighted by Gasteiger charge is -2.55. The molecule has 0 bridgehead atoms. The van der Waals surface area contributed by atoms with Crippen LogP contribution in [0.5, 0.6) is 0 Å². The van der Waals surface area contributed by atoms with Gasteiger partial charge in [0.1, 0.15) is 0 Å². The number of hydrogen-bond acceptors (Lipinski definition) is 3. The molecule has 64 valence electrons. The van der Waals surface area contributed by atoms with Gasteiger partial charge in [-0.25, -0.2) is 0 Å². The highest BCUT2D eigenvalue weighted by Gasteiger charge is 2.48. The summed E-state index contributed by atoms with van der Waals surface area (Å²) >= 11 is 0. The first kappa shape index (κ1) is 7.53. The fourth-order valence-electron chi connectivity index (χ4n) is 1.95. The van der Waals surface area contributed by atoms with Crippen molar-refractivity contribution in [2.75, 3.05) is 39.4 Å². The van der Waals surface area contributed by atoms with E-state index in [0.717, 1.165) is 26.2 Å². The van der Waals surface area contributed by atoms with Crippen molar-refractivity contribution < 1.29 is 4.74 Å². The Labute approximate surface area is 67.5 Å². The van der Waals surface area contributed by atoms with Crippen LogP contribution in [0.1, 0.15) is 6.42 Å². The molecule has 0 aliphatic carbocycles. The van der Waals surface area contributed by atoms with Gasteiger partial charge in [-0.2, -0.15) is 0 Å². The van der Waals surface area contributed by atoms with Gasteiger partial charge in [0.25, 0.3) is 0 Å². The van der Waals surface area contributed by atoms with Gasteiger partial charge in [-0.05, 0) is 19.5 Å². The number of nitrogens with zero attached hydrogens (tertiary/aromatic N) is 1. The molecule has 0 atom stereocenters. The summed E-state index contributed by atoms with van der Waals surface area (Å²) in [6.07, 6.45) is 1.14. The Morgan fingerprint density at radius 1 is 1.36 bits per heavy atom. The summed E-state index contributed by atoms with van der Waals surface area (Å²) in [5.74, 6) is 0. The molecule has 0 amide bonds. The fourth-order valence-corrected chi connectivity index (χ4v) is 1.95. The lowest BCUT2D eigenvalue weighted by molar-refractivity contribution is -0.188. The van der Waals surface area contributed by atoms with E-state index < -0.39 is 0 Å². The maximum Gasteiger partial charge on any atom is 0.0569 e. The Morgan fingerprint density at radius 3 is 2.55 bits per heavy atom. The standard InChI is InChI=1S/C8H16N2O/c9-2-1-3-10-4-8(5-10)6-11-7-8/h1-7,9H2. The molecule has 0 aromatic rings. The van der Waals surface area contributed by atoms with Crippen LogP contribution < -0.4 is 5.73 Å². The van der Waals surface area contributed by atoms with E-state index in [1.54, 1.807) is 0 Å². The van der Waals surface area contributed by atoms with Gasteiger partial charge in [0.2, 0.25) is 0 Å². The van der Waals surface area contributed by atoms with Crippen LogP contribution in [0.2, 0.25) is 0 Å². The summed E-state index contributed by atoms with van der Waals surface area (Å²) in [7, 11) is 0. The summed E-state index contributed by atoms with van der Waals surface area (Å²) in [4.78, 5) is 2.47. The monoisotopic (exact) mass is 156 g/mol. The van der Waals surface area contributed by atoms with Crippen molar-refractivity contribution >= 4 is 0 Å². The minimum absolute atomic E-state index is 0.578. The van der Waals surface area contributed by atoms with Crippen molar-refractivity contribution in [3.63, 3.8) is 0 Å². The third-order valence-corrected chi connectivity index (χ3v) is 2.61. The Bertz CT molecular complexity index is 137. The van der Waals surface area contributed by atoms with Crippen molar-refractivity contribution in [2.45, 2.75) is 6.42 Å². The predicted octanol–water partition coefficient (Wildman–Crippen LogP) is -0.333. The molecule has 0 radical (unpaired) electrons. The average Bonchev–Trinajstić information content (AvgIpc) is 1.81. The second-order valence-electron chi connectivity index (χ2n) is 3.85. The van der Waals surface area contributed by atoms with Crippen LogP contribution in [0, 0.1) is 5.41 Å². The van der Waals surface area contributed by atoms with Gasteiger partial charge in [-0.15, -0.1) is 0 Å². The minimum Gasteiger partial charge on any atom is -0.380 e. The van der Waals surface area contributed by atoms with Crippen molar-refractivity contribution in [1.82, 2.24) is 4.90 Å². The molecule has 2 rings (SSSR count). The summed E-state index contributed by atoms with van der Waals surface area (Å²) in [5, 5.41) is 0. The molecule has 2 aliphatic heterocycles. The van der Waals surface area contributed by atoms with Gasteiger partial charge in [0.05, 0.1) is 13.2 Å². The van der Waals surface area contributed by atoms with Crippen molar-refractivity contribution in [3.05, 3.63) is 0 Å². The first-order valence-corrected chi connectivity index (χ1v) is 4.35. The van der Waals surface area contributed by atoms with E-state index in [0.29, 0.717) is 5.41 Å². The second-order valence-corrected chi connectivity index (χ2v) is 3.85. The van der Waals surface area contributed by atoms with Gasteiger partial charge in [0.15, 0.2) is 0 Å². The summed E-state index contributed by atoms with van der Waals surface area (Å²) < 4.78 is 5.18. The van der Waals surface area contributed by atoms with Crippen LogP contribution in [-0.2, 0) is 4.74 Å². The molecule has 0 aromatic heterocycles. The second kappa shape index (κ2) is 2.73. The predicted molar refractivity (Wildman–Crippen MR) is 43.4 cm³/mol. The Kier molecular flexibility index (Phi) is 1.87. The summed E-state index contributed by atoms with van der Waals surface area (Å²) in [5.41, 5.74) is 6.00. The molecular formula is C8H16N2O. The number of hydrogen-bond donors (Lipinski definition) is 1. The normalized spacial score (nSPS) is 28.1. The average molecular weight is 156 g/mol. The Balaban J connectivity index is 1.63. The highest BCUT2D eigenvalue weighted by Crippen LogP contribution is 2.37. The van der Waals surface area contributed by atoms with E-state index in [1.807, 2.05) is 0 Å². The smallest absolute Gasteiger partial charge is 0.0569 e. The zero-order chi connectivity index (χ0) is 7.73. The van der Waals surface area contributed by atoms with Crippen LogP contribution in [0.25, 0.3) is 0 Å². The topological polar surface area (TPSA) is 38.5 Å². The van der Waals surface area contributed by atoms with Crippen LogP contribution >= 0.6 is 0 Å². The fraction of sp³-hybridized carbons (Fsp3) is 1.00. The molecule has 11 heavy (non-hydrogen) atoms. The van der Waals surface area contributed by atoms with E-state index in [-0.39, 0.29) is 0 Å². The SMILES string of the molecule is NCCCN1CC2(COC2)C1. The van der Waals surface area contributed by atoms with Gasteiger partial charge < -0.3 is 15.4 Å². The zero-order valence-corrected chi connectivity index (χ0v) is 6.88. The highest BCUT2D eigenvalue weighted by atomic mass is 16.5. The molecule has 2 fully saturated rings. The van der Waals surface area contributed by atoms with Crippen molar-refractivity contribution in [1.29, 1.82) is 0 Å². The molecule has 1 spiro atoms. The van der Waals surface area contributed by atoms with E-state index in [1.165, 1.54) is 19.6 Å². The van der Waals surface area contributed by atoms with Gasteiger partial charge in [0, 0.05) is 18.5 Å². The lowest BCUT2D eigenvalue weighted by Crippen LogP contribution is -2.65. The molecule has 0 unspecified atom stereocenters. The van der Waals surface area contributed by atoms with E-state index in [9.17, 15) is 0 Å². The third kappa shape index (κ3) is 1.28. The highest BCUT2D eigenvalue weighted by molar-refractivity contribution is 4.99.